The van der Waals surface area contributed by atoms with Crippen molar-refractivity contribution in [2.75, 3.05) is 12.8 Å². The highest BCUT2D eigenvalue weighted by Crippen LogP contribution is 2.34. The van der Waals surface area contributed by atoms with Crippen LogP contribution in [0.5, 0.6) is 17.2 Å². The Bertz CT molecular complexity index is 617. The van der Waals surface area contributed by atoms with Gasteiger partial charge in [-0.15, -0.1) is 0 Å². The molecule has 0 atom stereocenters. The van der Waals surface area contributed by atoms with Crippen molar-refractivity contribution >= 4 is 17.3 Å². The Morgan fingerprint density at radius 3 is 2.53 bits per heavy atom. The van der Waals surface area contributed by atoms with Crippen molar-refractivity contribution in [3.05, 3.63) is 46.7 Å². The number of anilines is 1. The lowest BCUT2D eigenvalue weighted by atomic mass is 10.2. The summed E-state index contributed by atoms with van der Waals surface area (Å²) in [6.07, 6.45) is 0. The summed E-state index contributed by atoms with van der Waals surface area (Å²) in [5.74, 6) is 0.323. The summed E-state index contributed by atoms with van der Waals surface area (Å²) >= 11 is 5.89. The van der Waals surface area contributed by atoms with E-state index in [1.807, 2.05) is 6.92 Å². The summed E-state index contributed by atoms with van der Waals surface area (Å²) in [6, 6.07) is 7.73. The van der Waals surface area contributed by atoms with Crippen LogP contribution in [0, 0.1) is 12.7 Å². The molecule has 0 spiro atoms. The molecule has 5 heteroatoms. The molecule has 2 rings (SSSR count). The van der Waals surface area contributed by atoms with Crippen molar-refractivity contribution in [1.82, 2.24) is 0 Å². The minimum absolute atomic E-state index is 0.0383. The lowest BCUT2D eigenvalue weighted by Crippen LogP contribution is -1.97. The number of halogens is 2. The second-order valence-corrected chi connectivity index (χ2v) is 4.47. The summed E-state index contributed by atoms with van der Waals surface area (Å²) in [4.78, 5) is 0. The molecule has 0 radical (unpaired) electrons. The Hall–Kier alpha value is -1.94. The molecule has 0 heterocycles. The normalized spacial score (nSPS) is 10.3. The third-order valence-corrected chi connectivity index (χ3v) is 2.89. The smallest absolute Gasteiger partial charge is 0.168 e. The van der Waals surface area contributed by atoms with Crippen LogP contribution >= 0.6 is 11.6 Å². The maximum atomic E-state index is 13.8. The number of methoxy groups -OCH3 is 1. The molecule has 0 amide bonds. The third kappa shape index (κ3) is 2.90. The lowest BCUT2D eigenvalue weighted by molar-refractivity contribution is 0.402. The number of benzene rings is 2. The van der Waals surface area contributed by atoms with Gasteiger partial charge in [-0.1, -0.05) is 17.7 Å². The molecule has 2 N–H and O–H groups in total. The maximum absolute atomic E-state index is 13.8. The molecule has 0 unspecified atom stereocenters. The fourth-order valence-corrected chi connectivity index (χ4v) is 1.77. The Morgan fingerprint density at radius 2 is 1.84 bits per heavy atom. The number of hydrogen-bond acceptors (Lipinski definition) is 3. The second-order valence-electron chi connectivity index (χ2n) is 4.04. The summed E-state index contributed by atoms with van der Waals surface area (Å²) in [6.45, 7) is 1.85. The fraction of sp³-hybridized carbons (Fsp3) is 0.143. The van der Waals surface area contributed by atoms with E-state index in [4.69, 9.17) is 26.8 Å². The SMILES string of the molecule is COc1cc(Oc2cc(Cl)ccc2C)c(F)cc1N. The van der Waals surface area contributed by atoms with Gasteiger partial charge in [0.05, 0.1) is 12.8 Å². The first-order chi connectivity index (χ1) is 9.01. The highest BCUT2D eigenvalue weighted by molar-refractivity contribution is 6.30. The maximum Gasteiger partial charge on any atom is 0.168 e. The molecule has 0 aliphatic carbocycles. The van der Waals surface area contributed by atoms with E-state index < -0.39 is 5.82 Å². The molecule has 0 bridgehead atoms. The van der Waals surface area contributed by atoms with Crippen molar-refractivity contribution in [3.63, 3.8) is 0 Å². The Labute approximate surface area is 115 Å². The summed E-state index contributed by atoms with van der Waals surface area (Å²) < 4.78 is 24.3. The van der Waals surface area contributed by atoms with E-state index in [1.54, 1.807) is 18.2 Å². The second kappa shape index (κ2) is 5.36. The zero-order valence-corrected chi connectivity index (χ0v) is 11.3. The van der Waals surface area contributed by atoms with Gasteiger partial charge in [-0.05, 0) is 24.6 Å². The van der Waals surface area contributed by atoms with Crippen molar-refractivity contribution in [2.45, 2.75) is 6.92 Å². The van der Waals surface area contributed by atoms with Crippen LogP contribution in [0.25, 0.3) is 0 Å². The van der Waals surface area contributed by atoms with Gasteiger partial charge in [0, 0.05) is 17.2 Å². The first-order valence-electron chi connectivity index (χ1n) is 5.58. The lowest BCUT2D eigenvalue weighted by Gasteiger charge is -2.12. The average Bonchev–Trinajstić information content (AvgIpc) is 2.37. The number of nitrogen functional groups attached to an aromatic ring is 1. The van der Waals surface area contributed by atoms with Crippen molar-refractivity contribution in [2.24, 2.45) is 0 Å². The minimum Gasteiger partial charge on any atom is -0.494 e. The summed E-state index contributed by atoms with van der Waals surface area (Å²) in [5.41, 5.74) is 6.67. The fourth-order valence-electron chi connectivity index (χ4n) is 1.61. The molecular weight excluding hydrogens is 269 g/mol. The Kier molecular flexibility index (Phi) is 3.81. The molecule has 19 heavy (non-hydrogen) atoms. The highest BCUT2D eigenvalue weighted by Gasteiger charge is 2.12. The molecule has 100 valence electrons. The van der Waals surface area contributed by atoms with Gasteiger partial charge in [-0.2, -0.15) is 0 Å². The molecule has 2 aromatic rings. The molecule has 3 nitrogen and oxygen atoms in total. The molecular formula is C14H13ClFNO2. The van der Waals surface area contributed by atoms with Crippen LogP contribution in [0.3, 0.4) is 0 Å². The summed E-state index contributed by atoms with van der Waals surface area (Å²) in [5, 5.41) is 0.517. The van der Waals surface area contributed by atoms with Gasteiger partial charge in [0.25, 0.3) is 0 Å². The van der Waals surface area contributed by atoms with Crippen LogP contribution in [-0.2, 0) is 0 Å². The molecule has 0 aliphatic heterocycles. The van der Waals surface area contributed by atoms with E-state index in [1.165, 1.54) is 13.2 Å². The van der Waals surface area contributed by atoms with E-state index in [0.29, 0.717) is 16.5 Å². The van der Waals surface area contributed by atoms with Gasteiger partial charge in [0.1, 0.15) is 11.5 Å². The van der Waals surface area contributed by atoms with Gasteiger partial charge in [-0.3, -0.25) is 0 Å². The van der Waals surface area contributed by atoms with Crippen LogP contribution in [0.4, 0.5) is 10.1 Å². The zero-order valence-electron chi connectivity index (χ0n) is 10.5. The van der Waals surface area contributed by atoms with Gasteiger partial charge in [-0.25, -0.2) is 4.39 Å². The van der Waals surface area contributed by atoms with Crippen LogP contribution in [0.15, 0.2) is 30.3 Å². The molecule has 0 fully saturated rings. The highest BCUT2D eigenvalue weighted by atomic mass is 35.5. The van der Waals surface area contributed by atoms with Gasteiger partial charge in [0.15, 0.2) is 11.6 Å². The minimum atomic E-state index is -0.558. The van der Waals surface area contributed by atoms with E-state index in [-0.39, 0.29) is 11.4 Å². The van der Waals surface area contributed by atoms with Crippen molar-refractivity contribution in [3.8, 4) is 17.2 Å². The number of nitrogens with two attached hydrogens (primary N) is 1. The predicted octanol–water partition coefficient (Wildman–Crippen LogP) is 4.17. The molecule has 0 aliphatic rings. The van der Waals surface area contributed by atoms with Gasteiger partial charge >= 0.3 is 0 Å². The van der Waals surface area contributed by atoms with Crippen molar-refractivity contribution < 1.29 is 13.9 Å². The quantitative estimate of drug-likeness (QED) is 0.859. The zero-order chi connectivity index (χ0) is 14.0. The number of hydrogen-bond donors (Lipinski definition) is 1. The van der Waals surface area contributed by atoms with Crippen LogP contribution < -0.4 is 15.2 Å². The van der Waals surface area contributed by atoms with E-state index in [2.05, 4.69) is 0 Å². The topological polar surface area (TPSA) is 44.5 Å². The average molecular weight is 282 g/mol. The predicted molar refractivity (Wildman–Crippen MR) is 73.6 cm³/mol. The van der Waals surface area contributed by atoms with Crippen LogP contribution in [0.2, 0.25) is 5.02 Å². The number of ether oxygens (including phenoxy) is 2. The van der Waals surface area contributed by atoms with E-state index in [9.17, 15) is 4.39 Å². The van der Waals surface area contributed by atoms with Gasteiger partial charge < -0.3 is 15.2 Å². The van der Waals surface area contributed by atoms with Gasteiger partial charge in [0.2, 0.25) is 0 Å². The first kappa shape index (κ1) is 13.5. The standard InChI is InChI=1S/C14H13ClFNO2/c1-8-3-4-9(15)5-12(8)19-13-7-14(18-2)11(17)6-10(13)16/h3-7H,17H2,1-2H3. The molecule has 0 saturated carbocycles. The first-order valence-corrected chi connectivity index (χ1v) is 5.96. The van der Waals surface area contributed by atoms with Crippen LogP contribution in [-0.4, -0.2) is 7.11 Å². The molecule has 0 aromatic heterocycles. The molecule has 0 saturated heterocycles. The Morgan fingerprint density at radius 1 is 1.11 bits per heavy atom. The van der Waals surface area contributed by atoms with E-state index in [0.717, 1.165) is 11.6 Å². The number of rotatable bonds is 3. The summed E-state index contributed by atoms with van der Waals surface area (Å²) in [7, 11) is 1.46. The monoisotopic (exact) mass is 281 g/mol. The number of aryl methyl sites for hydroxylation is 1. The largest absolute Gasteiger partial charge is 0.494 e. The third-order valence-electron chi connectivity index (χ3n) is 2.65. The van der Waals surface area contributed by atoms with E-state index >= 15 is 0 Å². The van der Waals surface area contributed by atoms with Crippen molar-refractivity contribution in [1.29, 1.82) is 0 Å². The van der Waals surface area contributed by atoms with Crippen LogP contribution in [0.1, 0.15) is 5.56 Å². The molecule has 2 aromatic carbocycles. The Balaban J connectivity index is 2.40.